The van der Waals surface area contributed by atoms with Crippen molar-refractivity contribution in [2.45, 2.75) is 25.3 Å². The van der Waals surface area contributed by atoms with Gasteiger partial charge in [-0.25, -0.2) is 0 Å². The second kappa shape index (κ2) is 4.11. The molecule has 2 N–H and O–H groups in total. The minimum atomic E-state index is 0.542. The standard InChI is InChI=1S/C12H17NO2/c1-14-11-6-8(7-13)5-10(9-3-4-9)12(11)15-2/h5-6,9H,3-4,7,13H2,1-2H3. The molecule has 1 aliphatic carbocycles. The zero-order valence-electron chi connectivity index (χ0n) is 9.25. The van der Waals surface area contributed by atoms with Crippen LogP contribution in [-0.2, 0) is 6.54 Å². The Morgan fingerprint density at radius 1 is 1.27 bits per heavy atom. The van der Waals surface area contributed by atoms with E-state index in [1.807, 2.05) is 6.07 Å². The van der Waals surface area contributed by atoms with E-state index in [4.69, 9.17) is 15.2 Å². The van der Waals surface area contributed by atoms with Crippen LogP contribution in [0.2, 0.25) is 0 Å². The van der Waals surface area contributed by atoms with E-state index < -0.39 is 0 Å². The van der Waals surface area contributed by atoms with Crippen molar-refractivity contribution in [1.29, 1.82) is 0 Å². The zero-order valence-corrected chi connectivity index (χ0v) is 9.25. The van der Waals surface area contributed by atoms with E-state index in [1.165, 1.54) is 18.4 Å². The van der Waals surface area contributed by atoms with E-state index >= 15 is 0 Å². The third-order valence-corrected chi connectivity index (χ3v) is 2.82. The predicted molar refractivity (Wildman–Crippen MR) is 59.4 cm³/mol. The molecular weight excluding hydrogens is 190 g/mol. The van der Waals surface area contributed by atoms with Crippen molar-refractivity contribution in [3.63, 3.8) is 0 Å². The van der Waals surface area contributed by atoms with Crippen LogP contribution < -0.4 is 15.2 Å². The Morgan fingerprint density at radius 3 is 2.47 bits per heavy atom. The number of rotatable bonds is 4. The molecule has 1 saturated carbocycles. The maximum atomic E-state index is 5.66. The fourth-order valence-electron chi connectivity index (χ4n) is 1.87. The van der Waals surface area contributed by atoms with Crippen molar-refractivity contribution in [2.24, 2.45) is 5.73 Å². The summed E-state index contributed by atoms with van der Waals surface area (Å²) in [7, 11) is 3.35. The summed E-state index contributed by atoms with van der Waals surface area (Å²) in [5, 5.41) is 0. The molecule has 0 aliphatic heterocycles. The lowest BCUT2D eigenvalue weighted by molar-refractivity contribution is 0.351. The summed E-state index contributed by atoms with van der Waals surface area (Å²) in [5.74, 6) is 2.31. The van der Waals surface area contributed by atoms with Crippen LogP contribution in [0.15, 0.2) is 12.1 Å². The molecule has 0 radical (unpaired) electrons. The van der Waals surface area contributed by atoms with Gasteiger partial charge in [-0.05, 0) is 30.4 Å². The lowest BCUT2D eigenvalue weighted by Gasteiger charge is -2.14. The Kier molecular flexibility index (Phi) is 2.82. The highest BCUT2D eigenvalue weighted by Crippen LogP contribution is 2.47. The summed E-state index contributed by atoms with van der Waals surface area (Å²) in [4.78, 5) is 0. The molecule has 3 nitrogen and oxygen atoms in total. The Morgan fingerprint density at radius 2 is 2.00 bits per heavy atom. The van der Waals surface area contributed by atoms with Gasteiger partial charge < -0.3 is 15.2 Å². The first kappa shape index (κ1) is 10.3. The fraction of sp³-hybridized carbons (Fsp3) is 0.500. The number of hydrogen-bond donors (Lipinski definition) is 1. The molecule has 3 heteroatoms. The highest BCUT2D eigenvalue weighted by atomic mass is 16.5. The zero-order chi connectivity index (χ0) is 10.8. The van der Waals surface area contributed by atoms with E-state index in [0.29, 0.717) is 12.5 Å². The Balaban J connectivity index is 2.48. The molecule has 0 atom stereocenters. The first-order valence-electron chi connectivity index (χ1n) is 5.25. The molecule has 2 rings (SSSR count). The summed E-state index contributed by atoms with van der Waals surface area (Å²) in [6.45, 7) is 0.542. The van der Waals surface area contributed by atoms with Crippen LogP contribution in [-0.4, -0.2) is 14.2 Å². The molecule has 1 aliphatic rings. The van der Waals surface area contributed by atoms with Gasteiger partial charge in [0, 0.05) is 12.1 Å². The fourth-order valence-corrected chi connectivity index (χ4v) is 1.87. The molecule has 0 saturated heterocycles. The summed E-state index contributed by atoms with van der Waals surface area (Å²) < 4.78 is 10.7. The van der Waals surface area contributed by atoms with Gasteiger partial charge in [0.05, 0.1) is 14.2 Å². The Hall–Kier alpha value is -1.22. The van der Waals surface area contributed by atoms with Crippen LogP contribution >= 0.6 is 0 Å². The van der Waals surface area contributed by atoms with Crippen molar-refractivity contribution in [3.05, 3.63) is 23.3 Å². The van der Waals surface area contributed by atoms with Crippen LogP contribution in [0.1, 0.15) is 29.9 Å². The van der Waals surface area contributed by atoms with Gasteiger partial charge in [-0.3, -0.25) is 0 Å². The van der Waals surface area contributed by atoms with Gasteiger partial charge in [-0.1, -0.05) is 6.07 Å². The molecular formula is C12H17NO2. The minimum Gasteiger partial charge on any atom is -0.493 e. The van der Waals surface area contributed by atoms with Gasteiger partial charge in [0.1, 0.15) is 0 Å². The summed E-state index contributed by atoms with van der Waals surface area (Å²) in [5.41, 5.74) is 8.01. The molecule has 0 spiro atoms. The highest BCUT2D eigenvalue weighted by molar-refractivity contribution is 5.52. The Bertz CT molecular complexity index is 359. The number of hydrogen-bond acceptors (Lipinski definition) is 3. The van der Waals surface area contributed by atoms with E-state index in [9.17, 15) is 0 Å². The number of ether oxygens (including phenoxy) is 2. The summed E-state index contributed by atoms with van der Waals surface area (Å²) in [6.07, 6.45) is 2.49. The molecule has 1 aromatic carbocycles. The molecule has 82 valence electrons. The van der Waals surface area contributed by atoms with Crippen molar-refractivity contribution < 1.29 is 9.47 Å². The largest absolute Gasteiger partial charge is 0.493 e. The second-order valence-electron chi connectivity index (χ2n) is 3.90. The van der Waals surface area contributed by atoms with Crippen LogP contribution in [0.3, 0.4) is 0 Å². The number of nitrogens with two attached hydrogens (primary N) is 1. The second-order valence-corrected chi connectivity index (χ2v) is 3.90. The van der Waals surface area contributed by atoms with Crippen LogP contribution in [0.5, 0.6) is 11.5 Å². The van der Waals surface area contributed by atoms with E-state index in [2.05, 4.69) is 6.07 Å². The van der Waals surface area contributed by atoms with Gasteiger partial charge in [0.2, 0.25) is 0 Å². The average molecular weight is 207 g/mol. The van der Waals surface area contributed by atoms with Gasteiger partial charge in [0.25, 0.3) is 0 Å². The molecule has 0 heterocycles. The molecule has 0 aromatic heterocycles. The summed E-state index contributed by atoms with van der Waals surface area (Å²) >= 11 is 0. The smallest absolute Gasteiger partial charge is 0.164 e. The van der Waals surface area contributed by atoms with Gasteiger partial charge >= 0.3 is 0 Å². The normalized spacial score (nSPS) is 15.1. The SMILES string of the molecule is COc1cc(CN)cc(C2CC2)c1OC. The number of benzene rings is 1. The molecule has 0 amide bonds. The van der Waals surface area contributed by atoms with E-state index in [0.717, 1.165) is 17.1 Å². The first-order chi connectivity index (χ1) is 7.30. The van der Waals surface area contributed by atoms with Crippen molar-refractivity contribution in [3.8, 4) is 11.5 Å². The number of methoxy groups -OCH3 is 2. The molecule has 1 fully saturated rings. The lowest BCUT2D eigenvalue weighted by atomic mass is 10.0. The third kappa shape index (κ3) is 1.92. The topological polar surface area (TPSA) is 44.5 Å². The lowest BCUT2D eigenvalue weighted by Crippen LogP contribution is -2.01. The van der Waals surface area contributed by atoms with Crippen molar-refractivity contribution in [2.75, 3.05) is 14.2 Å². The highest BCUT2D eigenvalue weighted by Gasteiger charge is 2.28. The summed E-state index contributed by atoms with van der Waals surface area (Å²) in [6, 6.07) is 4.09. The van der Waals surface area contributed by atoms with Gasteiger partial charge in [-0.2, -0.15) is 0 Å². The van der Waals surface area contributed by atoms with Gasteiger partial charge in [-0.15, -0.1) is 0 Å². The van der Waals surface area contributed by atoms with E-state index in [1.54, 1.807) is 14.2 Å². The van der Waals surface area contributed by atoms with Crippen molar-refractivity contribution in [1.82, 2.24) is 0 Å². The maximum Gasteiger partial charge on any atom is 0.164 e. The first-order valence-corrected chi connectivity index (χ1v) is 5.25. The monoisotopic (exact) mass is 207 g/mol. The van der Waals surface area contributed by atoms with Crippen LogP contribution in [0.4, 0.5) is 0 Å². The van der Waals surface area contributed by atoms with Crippen LogP contribution in [0, 0.1) is 0 Å². The molecule has 1 aromatic rings. The maximum absolute atomic E-state index is 5.66. The Labute approximate surface area is 90.2 Å². The van der Waals surface area contributed by atoms with E-state index in [-0.39, 0.29) is 0 Å². The quantitative estimate of drug-likeness (QED) is 0.821. The third-order valence-electron chi connectivity index (χ3n) is 2.82. The molecule has 0 unspecified atom stereocenters. The minimum absolute atomic E-state index is 0.542. The average Bonchev–Trinajstić information content (AvgIpc) is 3.10. The predicted octanol–water partition coefficient (Wildman–Crippen LogP) is 2.04. The van der Waals surface area contributed by atoms with Gasteiger partial charge in [0.15, 0.2) is 11.5 Å². The molecule has 0 bridgehead atoms. The van der Waals surface area contributed by atoms with Crippen molar-refractivity contribution >= 4 is 0 Å². The molecule has 15 heavy (non-hydrogen) atoms. The van der Waals surface area contributed by atoms with Crippen LogP contribution in [0.25, 0.3) is 0 Å².